The highest BCUT2D eigenvalue weighted by Gasteiger charge is 2.17. The smallest absolute Gasteiger partial charge is 0.0577 e. The van der Waals surface area contributed by atoms with Gasteiger partial charge in [-0.1, -0.05) is 48.0 Å². The van der Waals surface area contributed by atoms with Gasteiger partial charge in [-0.25, -0.2) is 0 Å². The summed E-state index contributed by atoms with van der Waals surface area (Å²) in [4.78, 5) is 3.59. The fraction of sp³-hybridized carbons (Fsp3) is 0.368. The fourth-order valence-electron chi connectivity index (χ4n) is 2.90. The molecule has 1 saturated heterocycles. The molecule has 1 fully saturated rings. The number of hydrogen-bond donors (Lipinski definition) is 1. The number of hydrogen-bond acceptors (Lipinski definition) is 3. The van der Waals surface area contributed by atoms with Crippen molar-refractivity contribution >= 4 is 11.6 Å². The molecule has 1 heterocycles. The number of aliphatic hydroxyl groups is 1. The number of piperazine rings is 1. The van der Waals surface area contributed by atoms with Crippen molar-refractivity contribution in [2.75, 3.05) is 39.2 Å². The molecule has 2 aromatic rings. The molecule has 0 saturated carbocycles. The molecule has 1 aliphatic rings. The number of benzene rings is 2. The normalized spacial score (nSPS) is 20.4. The van der Waals surface area contributed by atoms with E-state index in [-0.39, 0.29) is 0 Å². The molecule has 0 aliphatic carbocycles. The van der Waals surface area contributed by atoms with Crippen LogP contribution in [0.15, 0.2) is 48.5 Å². The Morgan fingerprint density at radius 3 is 2.30 bits per heavy atom. The highest BCUT2D eigenvalue weighted by Crippen LogP contribution is 2.26. The standard InChI is InChI=1S/C19H23ClN2O/c20-18-7-5-16(6-8-18)19-4-2-1-3-17(19)15-22-11-9-21(10-12-22)13-14-23/h1-8,23H,9-15H2/i13D2,14D2. The Hall–Kier alpha value is -1.39. The van der Waals surface area contributed by atoms with E-state index >= 15 is 0 Å². The monoisotopic (exact) mass is 334 g/mol. The third-order valence-electron chi connectivity index (χ3n) is 4.15. The minimum absolute atomic E-state index is 0.357. The van der Waals surface area contributed by atoms with Crippen LogP contribution in [-0.2, 0) is 6.54 Å². The van der Waals surface area contributed by atoms with E-state index in [1.807, 2.05) is 36.4 Å². The molecule has 3 nitrogen and oxygen atoms in total. The van der Waals surface area contributed by atoms with Crippen molar-refractivity contribution < 1.29 is 10.6 Å². The van der Waals surface area contributed by atoms with E-state index in [4.69, 9.17) is 17.1 Å². The first kappa shape index (κ1) is 12.0. The van der Waals surface area contributed by atoms with Crippen LogP contribution in [0.25, 0.3) is 11.1 Å². The molecule has 3 rings (SSSR count). The van der Waals surface area contributed by atoms with Gasteiger partial charge < -0.3 is 5.11 Å². The van der Waals surface area contributed by atoms with Crippen molar-refractivity contribution in [3.8, 4) is 11.1 Å². The lowest BCUT2D eigenvalue weighted by Gasteiger charge is -2.34. The first-order chi connectivity index (χ1) is 12.7. The van der Waals surface area contributed by atoms with Gasteiger partial charge in [-0.15, -0.1) is 0 Å². The maximum absolute atomic E-state index is 9.47. The first-order valence-electron chi connectivity index (χ1n) is 9.72. The van der Waals surface area contributed by atoms with Crippen LogP contribution < -0.4 is 0 Å². The first-order valence-corrected chi connectivity index (χ1v) is 8.10. The number of halogens is 1. The van der Waals surface area contributed by atoms with Gasteiger partial charge >= 0.3 is 0 Å². The summed E-state index contributed by atoms with van der Waals surface area (Å²) < 4.78 is 30.4. The second-order valence-electron chi connectivity index (χ2n) is 5.65. The number of rotatable bonds is 5. The van der Waals surface area contributed by atoms with Crippen molar-refractivity contribution in [3.63, 3.8) is 0 Å². The molecule has 122 valence electrons. The van der Waals surface area contributed by atoms with Gasteiger partial charge in [0.2, 0.25) is 0 Å². The van der Waals surface area contributed by atoms with Crippen LogP contribution in [0.5, 0.6) is 0 Å². The molecule has 1 N–H and O–H groups in total. The van der Waals surface area contributed by atoms with E-state index in [9.17, 15) is 5.11 Å². The largest absolute Gasteiger partial charge is 0.395 e. The fourth-order valence-corrected chi connectivity index (χ4v) is 3.02. The average molecular weight is 335 g/mol. The quantitative estimate of drug-likeness (QED) is 0.910. The van der Waals surface area contributed by atoms with E-state index in [0.717, 1.165) is 17.7 Å². The minimum Gasteiger partial charge on any atom is -0.395 e. The van der Waals surface area contributed by atoms with Gasteiger partial charge in [0, 0.05) is 47.0 Å². The molecule has 0 unspecified atom stereocenters. The molecule has 0 radical (unpaired) electrons. The highest BCUT2D eigenvalue weighted by molar-refractivity contribution is 6.30. The van der Waals surface area contributed by atoms with Crippen LogP contribution in [0.1, 0.15) is 11.0 Å². The van der Waals surface area contributed by atoms with Gasteiger partial charge in [0.15, 0.2) is 0 Å². The van der Waals surface area contributed by atoms with Crippen LogP contribution in [0.2, 0.25) is 5.02 Å². The van der Waals surface area contributed by atoms with Gasteiger partial charge in [0.05, 0.1) is 9.30 Å². The van der Waals surface area contributed by atoms with Gasteiger partial charge in [0.25, 0.3) is 0 Å². The van der Waals surface area contributed by atoms with Crippen LogP contribution >= 0.6 is 11.6 Å². The molecule has 1 aliphatic heterocycles. The Balaban J connectivity index is 1.69. The van der Waals surface area contributed by atoms with E-state index < -0.39 is 13.1 Å². The Morgan fingerprint density at radius 2 is 1.61 bits per heavy atom. The van der Waals surface area contributed by atoms with Gasteiger partial charge in [-0.3, -0.25) is 9.80 Å². The van der Waals surface area contributed by atoms with Crippen LogP contribution in [0, 0.1) is 0 Å². The zero-order valence-corrected chi connectivity index (χ0v) is 13.6. The third kappa shape index (κ3) is 4.33. The third-order valence-corrected chi connectivity index (χ3v) is 4.40. The maximum Gasteiger partial charge on any atom is 0.0577 e. The summed E-state index contributed by atoms with van der Waals surface area (Å²) in [5.74, 6) is 0. The summed E-state index contributed by atoms with van der Waals surface area (Å²) in [5.41, 5.74) is 3.41. The van der Waals surface area contributed by atoms with Crippen molar-refractivity contribution in [3.05, 3.63) is 59.1 Å². The topological polar surface area (TPSA) is 26.7 Å². The lowest BCUT2D eigenvalue weighted by Crippen LogP contribution is -2.46. The predicted molar refractivity (Wildman–Crippen MR) is 95.7 cm³/mol. The molecular formula is C19H23ClN2O. The predicted octanol–water partition coefficient (Wildman–Crippen LogP) is 3.12. The lowest BCUT2D eigenvalue weighted by molar-refractivity contribution is 0.108. The van der Waals surface area contributed by atoms with Crippen molar-refractivity contribution in [2.24, 2.45) is 0 Å². The Morgan fingerprint density at radius 1 is 0.957 bits per heavy atom. The number of β-amino-alcohol motifs (C(OH)–C–C–N with tert-alkyl or cyclic N) is 1. The van der Waals surface area contributed by atoms with Crippen LogP contribution in [0.4, 0.5) is 0 Å². The van der Waals surface area contributed by atoms with E-state index in [1.165, 1.54) is 10.5 Å². The van der Waals surface area contributed by atoms with E-state index in [2.05, 4.69) is 17.0 Å². The molecule has 0 atom stereocenters. The van der Waals surface area contributed by atoms with Gasteiger partial charge in [-0.05, 0) is 28.8 Å². The lowest BCUT2D eigenvalue weighted by atomic mass is 9.99. The van der Waals surface area contributed by atoms with Crippen LogP contribution in [0.3, 0.4) is 0 Å². The van der Waals surface area contributed by atoms with Gasteiger partial charge in [-0.2, -0.15) is 0 Å². The summed E-state index contributed by atoms with van der Waals surface area (Å²) in [5, 5.41) is 10.2. The SMILES string of the molecule is [2H]C([2H])(O)C([2H])([2H])N1CCN(Cc2ccccc2-c2ccc(Cl)cc2)CC1. The average Bonchev–Trinajstić information content (AvgIpc) is 2.62. The van der Waals surface area contributed by atoms with Crippen molar-refractivity contribution in [1.29, 1.82) is 0 Å². The van der Waals surface area contributed by atoms with E-state index in [1.54, 1.807) is 0 Å². The Bertz CT molecular complexity index is 772. The second-order valence-corrected chi connectivity index (χ2v) is 6.09. The summed E-state index contributed by atoms with van der Waals surface area (Å²) in [6.07, 6.45) is 0. The molecule has 23 heavy (non-hydrogen) atoms. The zero-order valence-electron chi connectivity index (χ0n) is 16.9. The van der Waals surface area contributed by atoms with Crippen LogP contribution in [-0.4, -0.2) is 54.1 Å². The second kappa shape index (κ2) is 7.93. The summed E-state index contributed by atoms with van der Waals surface area (Å²) >= 11 is 5.99. The summed E-state index contributed by atoms with van der Waals surface area (Å²) in [6.45, 7) is -2.65. The molecule has 0 aromatic heterocycles. The molecule has 4 heteroatoms. The number of nitrogens with zero attached hydrogens (tertiary/aromatic N) is 2. The minimum atomic E-state index is -2.89. The van der Waals surface area contributed by atoms with Crippen molar-refractivity contribution in [2.45, 2.75) is 6.54 Å². The zero-order chi connectivity index (χ0) is 19.7. The molecular weight excluding hydrogens is 308 g/mol. The summed E-state index contributed by atoms with van der Waals surface area (Å²) in [6, 6.07) is 15.9. The van der Waals surface area contributed by atoms with Crippen molar-refractivity contribution in [1.82, 2.24) is 9.80 Å². The maximum atomic E-state index is 9.47. The molecule has 0 spiro atoms. The molecule has 2 aromatic carbocycles. The highest BCUT2D eigenvalue weighted by atomic mass is 35.5. The Kier molecular flexibility index (Phi) is 4.15. The van der Waals surface area contributed by atoms with Gasteiger partial charge in [0.1, 0.15) is 0 Å². The van der Waals surface area contributed by atoms with E-state index in [0.29, 0.717) is 31.2 Å². The molecule has 0 bridgehead atoms. The molecule has 0 amide bonds. The Labute approximate surface area is 148 Å². The summed E-state index contributed by atoms with van der Waals surface area (Å²) in [7, 11) is 0.